The molecule has 0 unspecified atom stereocenters. The number of carbonyl (C=O) groups excluding carboxylic acids is 2. The highest BCUT2D eigenvalue weighted by atomic mass is 35.5. The molecule has 1 atom stereocenters. The van der Waals surface area contributed by atoms with E-state index in [1.165, 1.54) is 17.8 Å². The van der Waals surface area contributed by atoms with Crippen LogP contribution >= 0.6 is 35.0 Å². The first-order valence-electron chi connectivity index (χ1n) is 9.96. The van der Waals surface area contributed by atoms with Gasteiger partial charge in [-0.1, -0.05) is 52.7 Å². The molecule has 0 aliphatic carbocycles. The van der Waals surface area contributed by atoms with Gasteiger partial charge in [-0.3, -0.25) is 9.59 Å². The molecule has 7 nitrogen and oxygen atoms in total. The maximum absolute atomic E-state index is 12.6. The Balaban J connectivity index is 1.63. The lowest BCUT2D eigenvalue weighted by molar-refractivity contribution is -0.113. The standard InChI is InChI=1S/C22H23Cl2N5O2S/c1-4-29-20(14(3)25-21(31)17-10-7-15(23)11-18(17)24)27-28-22(29)32-12-19(30)26-16-8-5-13(2)6-9-16/h5-11,14H,4,12H2,1-3H3,(H,25,31)(H,26,30)/t14-/m1/s1. The van der Waals surface area contributed by atoms with Gasteiger partial charge in [0.25, 0.3) is 5.91 Å². The van der Waals surface area contributed by atoms with Crippen LogP contribution in [0.5, 0.6) is 0 Å². The molecule has 0 radical (unpaired) electrons. The summed E-state index contributed by atoms with van der Waals surface area (Å²) in [6.07, 6.45) is 0. The molecule has 0 bridgehead atoms. The van der Waals surface area contributed by atoms with Crippen LogP contribution in [0.25, 0.3) is 0 Å². The highest BCUT2D eigenvalue weighted by molar-refractivity contribution is 7.99. The van der Waals surface area contributed by atoms with Crippen LogP contribution in [-0.4, -0.2) is 32.3 Å². The Kier molecular flexibility index (Phi) is 8.17. The van der Waals surface area contributed by atoms with Crippen molar-refractivity contribution in [2.75, 3.05) is 11.1 Å². The van der Waals surface area contributed by atoms with Crippen LogP contribution in [0.15, 0.2) is 47.6 Å². The number of aromatic nitrogens is 3. The second-order valence-corrected chi connectivity index (χ2v) is 8.89. The molecule has 10 heteroatoms. The fourth-order valence-corrected chi connectivity index (χ4v) is 4.30. The summed E-state index contributed by atoms with van der Waals surface area (Å²) in [5.41, 5.74) is 2.20. The van der Waals surface area contributed by atoms with Crippen molar-refractivity contribution in [2.45, 2.75) is 38.5 Å². The Labute approximate surface area is 200 Å². The normalized spacial score (nSPS) is 11.8. The van der Waals surface area contributed by atoms with E-state index < -0.39 is 6.04 Å². The first-order valence-corrected chi connectivity index (χ1v) is 11.7. The van der Waals surface area contributed by atoms with E-state index in [2.05, 4.69) is 20.8 Å². The summed E-state index contributed by atoms with van der Waals surface area (Å²) in [5, 5.41) is 15.5. The van der Waals surface area contributed by atoms with E-state index >= 15 is 0 Å². The maximum Gasteiger partial charge on any atom is 0.253 e. The van der Waals surface area contributed by atoms with Gasteiger partial charge in [0.2, 0.25) is 5.91 Å². The quantitative estimate of drug-likeness (QED) is 0.426. The number of halogens is 2. The molecule has 32 heavy (non-hydrogen) atoms. The first-order chi connectivity index (χ1) is 15.3. The zero-order valence-electron chi connectivity index (χ0n) is 17.9. The molecule has 2 aromatic carbocycles. The van der Waals surface area contributed by atoms with Gasteiger partial charge < -0.3 is 15.2 Å². The number of thioether (sulfide) groups is 1. The Morgan fingerprint density at radius 2 is 1.84 bits per heavy atom. The molecule has 0 fully saturated rings. The minimum atomic E-state index is -0.419. The van der Waals surface area contributed by atoms with Crippen LogP contribution in [0.1, 0.15) is 41.6 Å². The summed E-state index contributed by atoms with van der Waals surface area (Å²) in [5.74, 6) is 0.307. The second-order valence-electron chi connectivity index (χ2n) is 7.11. The maximum atomic E-state index is 12.6. The van der Waals surface area contributed by atoms with E-state index in [1.54, 1.807) is 12.1 Å². The van der Waals surface area contributed by atoms with Gasteiger partial charge in [0.05, 0.1) is 22.4 Å². The molecule has 0 spiro atoms. The van der Waals surface area contributed by atoms with E-state index in [4.69, 9.17) is 23.2 Å². The molecule has 2 amide bonds. The molecule has 0 saturated heterocycles. The molecule has 1 heterocycles. The van der Waals surface area contributed by atoms with Gasteiger partial charge in [-0.2, -0.15) is 0 Å². The number of benzene rings is 2. The van der Waals surface area contributed by atoms with E-state index in [1.807, 2.05) is 49.6 Å². The Bertz CT molecular complexity index is 1120. The van der Waals surface area contributed by atoms with E-state index in [0.717, 1.165) is 11.3 Å². The molecule has 0 aliphatic rings. The van der Waals surface area contributed by atoms with Crippen molar-refractivity contribution < 1.29 is 9.59 Å². The van der Waals surface area contributed by atoms with Crippen molar-refractivity contribution in [1.29, 1.82) is 0 Å². The summed E-state index contributed by atoms with van der Waals surface area (Å²) < 4.78 is 1.87. The predicted molar refractivity (Wildman–Crippen MR) is 129 cm³/mol. The largest absolute Gasteiger partial charge is 0.342 e. The van der Waals surface area contributed by atoms with Gasteiger partial charge in [-0.25, -0.2) is 0 Å². The number of aryl methyl sites for hydroxylation is 1. The lowest BCUT2D eigenvalue weighted by Gasteiger charge is -2.15. The van der Waals surface area contributed by atoms with Gasteiger partial charge in [-0.15, -0.1) is 10.2 Å². The SMILES string of the molecule is CCn1c(SCC(=O)Nc2ccc(C)cc2)nnc1[C@@H](C)NC(=O)c1ccc(Cl)cc1Cl. The van der Waals surface area contributed by atoms with Crippen molar-refractivity contribution in [1.82, 2.24) is 20.1 Å². The van der Waals surface area contributed by atoms with Crippen molar-refractivity contribution in [3.8, 4) is 0 Å². The molecule has 2 N–H and O–H groups in total. The number of anilines is 1. The number of nitrogens with zero attached hydrogens (tertiary/aromatic N) is 3. The zero-order chi connectivity index (χ0) is 23.3. The Morgan fingerprint density at radius 3 is 2.50 bits per heavy atom. The van der Waals surface area contributed by atoms with E-state index in [-0.39, 0.29) is 22.6 Å². The van der Waals surface area contributed by atoms with E-state index in [0.29, 0.717) is 28.1 Å². The predicted octanol–water partition coefficient (Wildman–Crippen LogP) is 5.14. The fourth-order valence-electron chi connectivity index (χ4n) is 3.00. The molecule has 3 aromatic rings. The molecule has 0 aliphatic heterocycles. The summed E-state index contributed by atoms with van der Waals surface area (Å²) in [6.45, 7) is 6.35. The number of rotatable bonds is 8. The summed E-state index contributed by atoms with van der Waals surface area (Å²) in [6, 6.07) is 11.9. The van der Waals surface area contributed by atoms with Crippen molar-refractivity contribution in [3.05, 3.63) is 69.5 Å². The number of hydrogen-bond donors (Lipinski definition) is 2. The summed E-state index contributed by atoms with van der Waals surface area (Å²) >= 11 is 13.3. The van der Waals surface area contributed by atoms with Gasteiger partial charge in [0.15, 0.2) is 11.0 Å². The topological polar surface area (TPSA) is 88.9 Å². The van der Waals surface area contributed by atoms with Crippen LogP contribution in [0.3, 0.4) is 0 Å². The van der Waals surface area contributed by atoms with Gasteiger partial charge in [-0.05, 0) is 51.1 Å². The van der Waals surface area contributed by atoms with Gasteiger partial charge in [0, 0.05) is 17.3 Å². The fraction of sp³-hybridized carbons (Fsp3) is 0.273. The molecule has 168 valence electrons. The number of amides is 2. The van der Waals surface area contributed by atoms with Crippen molar-refractivity contribution in [3.63, 3.8) is 0 Å². The zero-order valence-corrected chi connectivity index (χ0v) is 20.2. The molecule has 3 rings (SSSR count). The van der Waals surface area contributed by atoms with Crippen molar-refractivity contribution in [2.24, 2.45) is 0 Å². The highest BCUT2D eigenvalue weighted by Crippen LogP contribution is 2.24. The van der Waals surface area contributed by atoms with Crippen LogP contribution in [0.2, 0.25) is 10.0 Å². The number of hydrogen-bond acceptors (Lipinski definition) is 5. The molecule has 0 saturated carbocycles. The Morgan fingerprint density at radius 1 is 1.12 bits per heavy atom. The molecule has 1 aromatic heterocycles. The lowest BCUT2D eigenvalue weighted by atomic mass is 10.2. The second kappa shape index (κ2) is 10.8. The van der Waals surface area contributed by atoms with Crippen LogP contribution < -0.4 is 10.6 Å². The highest BCUT2D eigenvalue weighted by Gasteiger charge is 2.21. The third-order valence-electron chi connectivity index (χ3n) is 4.64. The average Bonchev–Trinajstić information content (AvgIpc) is 3.17. The van der Waals surface area contributed by atoms with Crippen LogP contribution in [0.4, 0.5) is 5.69 Å². The summed E-state index contributed by atoms with van der Waals surface area (Å²) in [4.78, 5) is 24.9. The van der Waals surface area contributed by atoms with Gasteiger partial charge >= 0.3 is 0 Å². The minimum Gasteiger partial charge on any atom is -0.342 e. The number of nitrogens with one attached hydrogen (secondary N) is 2. The monoisotopic (exact) mass is 491 g/mol. The molecular formula is C22H23Cl2N5O2S. The third-order valence-corrected chi connectivity index (χ3v) is 6.15. The third kappa shape index (κ3) is 6.03. The first kappa shape index (κ1) is 24.1. The van der Waals surface area contributed by atoms with Gasteiger partial charge in [0.1, 0.15) is 0 Å². The van der Waals surface area contributed by atoms with Crippen LogP contribution in [-0.2, 0) is 11.3 Å². The molecular weight excluding hydrogens is 469 g/mol. The van der Waals surface area contributed by atoms with Crippen molar-refractivity contribution >= 4 is 52.5 Å². The minimum absolute atomic E-state index is 0.134. The lowest BCUT2D eigenvalue weighted by Crippen LogP contribution is -2.29. The average molecular weight is 492 g/mol. The smallest absolute Gasteiger partial charge is 0.253 e. The summed E-state index contributed by atoms with van der Waals surface area (Å²) in [7, 11) is 0. The van der Waals surface area contributed by atoms with Crippen LogP contribution in [0, 0.1) is 6.92 Å². The van der Waals surface area contributed by atoms with E-state index in [9.17, 15) is 9.59 Å². The Hall–Kier alpha value is -2.55. The number of carbonyl (C=O) groups is 2.